The molecule has 0 bridgehead atoms. The molecule has 0 aromatic rings. The molecule has 0 N–H and O–H groups in total. The third-order valence-electron chi connectivity index (χ3n) is 1.62. The summed E-state index contributed by atoms with van der Waals surface area (Å²) in [6.45, 7) is 1.06. The predicted octanol–water partition coefficient (Wildman–Crippen LogP) is 4.11. The first kappa shape index (κ1) is 16.0. The van der Waals surface area contributed by atoms with Gasteiger partial charge in [-0.25, -0.2) is 4.39 Å². The van der Waals surface area contributed by atoms with E-state index in [-0.39, 0.29) is 7.43 Å². The Bertz CT molecular complexity index is 161. The third kappa shape index (κ3) is 2.30. The maximum absolute atomic E-state index is 12.7. The molecule has 0 saturated carbocycles. The lowest BCUT2D eigenvalue weighted by atomic mass is 9.91. The Morgan fingerprint density at radius 2 is 0.929 bits per heavy atom. The number of hydrogen-bond donors (Lipinski definition) is 0. The van der Waals surface area contributed by atoms with Crippen LogP contribution in [0.5, 0.6) is 0 Å². The average molecular weight is 228 g/mol. The quantitative estimate of drug-likeness (QED) is 0.592. The van der Waals surface area contributed by atoms with E-state index in [0.717, 1.165) is 0 Å². The maximum atomic E-state index is 12.7. The lowest BCUT2D eigenvalue weighted by Gasteiger charge is -2.32. The van der Waals surface area contributed by atoms with Crippen LogP contribution in [0.4, 0.5) is 30.7 Å². The molecule has 88 valence electrons. The van der Waals surface area contributed by atoms with Crippen LogP contribution in [0, 0.1) is 5.92 Å². The van der Waals surface area contributed by atoms with Crippen molar-refractivity contribution in [3.8, 4) is 0 Å². The van der Waals surface area contributed by atoms with Crippen LogP contribution in [0.2, 0.25) is 0 Å². The Morgan fingerprint density at radius 3 is 0.929 bits per heavy atom. The molecule has 0 rings (SSSR count). The fraction of sp³-hybridized carbons (Fsp3) is 1.00. The van der Waals surface area contributed by atoms with E-state index in [1.165, 1.54) is 0 Å². The summed E-state index contributed by atoms with van der Waals surface area (Å²) in [5, 5.41) is 0. The highest BCUT2D eigenvalue weighted by atomic mass is 19.4. The molecule has 0 aromatic carbocycles. The smallest absolute Gasteiger partial charge is 0.223 e. The molecule has 0 unspecified atom stereocenters. The van der Waals surface area contributed by atoms with Crippen molar-refractivity contribution in [2.45, 2.75) is 39.3 Å². The van der Waals surface area contributed by atoms with E-state index < -0.39 is 23.9 Å². The van der Waals surface area contributed by atoms with Crippen molar-refractivity contribution in [1.29, 1.82) is 0 Å². The van der Waals surface area contributed by atoms with Crippen LogP contribution in [-0.2, 0) is 0 Å². The molecule has 0 fully saturated rings. The van der Waals surface area contributed by atoms with E-state index in [4.69, 9.17) is 0 Å². The van der Waals surface area contributed by atoms with Gasteiger partial charge in [0.25, 0.3) is 0 Å². The Morgan fingerprint density at radius 1 is 0.714 bits per heavy atom. The van der Waals surface area contributed by atoms with Gasteiger partial charge in [0, 0.05) is 5.92 Å². The summed E-state index contributed by atoms with van der Waals surface area (Å²) in [6.07, 6.45) is -11.9. The molecule has 0 aliphatic rings. The summed E-state index contributed by atoms with van der Waals surface area (Å²) >= 11 is 0. The minimum Gasteiger partial charge on any atom is -0.223 e. The van der Waals surface area contributed by atoms with E-state index >= 15 is 0 Å². The third-order valence-corrected chi connectivity index (χ3v) is 1.62. The highest BCUT2D eigenvalue weighted by molar-refractivity contribution is 4.96. The predicted molar refractivity (Wildman–Crippen MR) is 37.5 cm³/mol. The second-order valence-corrected chi connectivity index (χ2v) is 2.86. The van der Waals surface area contributed by atoms with E-state index in [0.29, 0.717) is 13.8 Å². The molecule has 14 heavy (non-hydrogen) atoms. The Labute approximate surface area is 77.1 Å². The van der Waals surface area contributed by atoms with Crippen LogP contribution < -0.4 is 0 Å². The van der Waals surface area contributed by atoms with E-state index in [2.05, 4.69) is 0 Å². The molecule has 0 radical (unpaired) electrons. The van der Waals surface area contributed by atoms with Gasteiger partial charge in [-0.2, -0.15) is 26.3 Å². The van der Waals surface area contributed by atoms with Crippen molar-refractivity contribution in [3.05, 3.63) is 0 Å². The van der Waals surface area contributed by atoms with Gasteiger partial charge in [0.2, 0.25) is 0 Å². The molecule has 0 aliphatic heterocycles. The molecule has 0 nitrogen and oxygen atoms in total. The SMILES string of the molecule is C.CC(C)C(F)(C(F)(F)F)C(F)(F)F. The Hall–Kier alpha value is -0.490. The maximum Gasteiger partial charge on any atom is 0.431 e. The Balaban J connectivity index is 0. The van der Waals surface area contributed by atoms with Crippen LogP contribution in [0.15, 0.2) is 0 Å². The zero-order chi connectivity index (χ0) is 11.1. The van der Waals surface area contributed by atoms with Crippen molar-refractivity contribution in [3.63, 3.8) is 0 Å². The van der Waals surface area contributed by atoms with Crippen LogP contribution in [0.1, 0.15) is 21.3 Å². The second-order valence-electron chi connectivity index (χ2n) is 2.86. The minimum atomic E-state index is -5.93. The molecular weight excluding hydrogens is 217 g/mol. The van der Waals surface area contributed by atoms with Crippen LogP contribution in [0.3, 0.4) is 0 Å². The number of halogens is 7. The molecule has 0 aromatic heterocycles. The molecule has 7 heteroatoms. The molecule has 0 heterocycles. The van der Waals surface area contributed by atoms with Gasteiger partial charge in [-0.05, 0) is 0 Å². The standard InChI is InChI=1S/C6H7F7.CH4/c1-3(2)4(7,5(8,9)10)6(11,12)13;/h3H,1-2H3;1H4. The van der Waals surface area contributed by atoms with Crippen molar-refractivity contribution in [2.24, 2.45) is 5.92 Å². The zero-order valence-corrected chi connectivity index (χ0v) is 6.72. The van der Waals surface area contributed by atoms with E-state index in [9.17, 15) is 30.7 Å². The summed E-state index contributed by atoms with van der Waals surface area (Å²) < 4.78 is 83.2. The second kappa shape index (κ2) is 3.94. The van der Waals surface area contributed by atoms with Gasteiger partial charge in [0.1, 0.15) is 0 Å². The normalized spacial score (nSPS) is 14.1. The Kier molecular flexibility index (Phi) is 4.49. The topological polar surface area (TPSA) is 0 Å². The van der Waals surface area contributed by atoms with Gasteiger partial charge in [-0.1, -0.05) is 21.3 Å². The zero-order valence-electron chi connectivity index (χ0n) is 6.72. The number of rotatable bonds is 1. The van der Waals surface area contributed by atoms with Crippen molar-refractivity contribution >= 4 is 0 Å². The van der Waals surface area contributed by atoms with E-state index in [1.807, 2.05) is 0 Å². The number of hydrogen-bond acceptors (Lipinski definition) is 0. The highest BCUT2D eigenvalue weighted by Crippen LogP contribution is 2.50. The van der Waals surface area contributed by atoms with Crippen LogP contribution in [-0.4, -0.2) is 18.0 Å². The molecule has 0 atom stereocenters. The lowest BCUT2D eigenvalue weighted by molar-refractivity contribution is -0.354. The molecule has 0 amide bonds. The minimum absolute atomic E-state index is 0. The van der Waals surface area contributed by atoms with Gasteiger partial charge in [0.05, 0.1) is 0 Å². The van der Waals surface area contributed by atoms with Gasteiger partial charge < -0.3 is 0 Å². The highest BCUT2D eigenvalue weighted by Gasteiger charge is 2.73. The summed E-state index contributed by atoms with van der Waals surface area (Å²) in [5.74, 6) is -2.20. The lowest BCUT2D eigenvalue weighted by Crippen LogP contribution is -2.56. The van der Waals surface area contributed by atoms with Gasteiger partial charge in [0.15, 0.2) is 0 Å². The fourth-order valence-corrected chi connectivity index (χ4v) is 0.815. The van der Waals surface area contributed by atoms with Crippen molar-refractivity contribution < 1.29 is 30.7 Å². The van der Waals surface area contributed by atoms with E-state index in [1.54, 1.807) is 0 Å². The van der Waals surface area contributed by atoms with Gasteiger partial charge in [-0.15, -0.1) is 0 Å². The fourth-order valence-electron chi connectivity index (χ4n) is 0.815. The molecular formula is C7H11F7. The van der Waals surface area contributed by atoms with Gasteiger partial charge in [-0.3, -0.25) is 0 Å². The first-order chi connectivity index (χ1) is 5.44. The summed E-state index contributed by atoms with van der Waals surface area (Å²) in [6, 6.07) is 0. The molecule has 0 spiro atoms. The summed E-state index contributed by atoms with van der Waals surface area (Å²) in [4.78, 5) is 0. The summed E-state index contributed by atoms with van der Waals surface area (Å²) in [5.41, 5.74) is -5.12. The summed E-state index contributed by atoms with van der Waals surface area (Å²) in [7, 11) is 0. The van der Waals surface area contributed by atoms with Crippen molar-refractivity contribution in [1.82, 2.24) is 0 Å². The van der Waals surface area contributed by atoms with Crippen molar-refractivity contribution in [2.75, 3.05) is 0 Å². The average Bonchev–Trinajstić information content (AvgIpc) is 1.80. The molecule has 0 aliphatic carbocycles. The van der Waals surface area contributed by atoms with Crippen LogP contribution >= 0.6 is 0 Å². The largest absolute Gasteiger partial charge is 0.431 e. The van der Waals surface area contributed by atoms with Crippen LogP contribution in [0.25, 0.3) is 0 Å². The first-order valence-corrected chi connectivity index (χ1v) is 3.27. The molecule has 0 saturated heterocycles. The van der Waals surface area contributed by atoms with Gasteiger partial charge >= 0.3 is 18.0 Å². The first-order valence-electron chi connectivity index (χ1n) is 3.27. The monoisotopic (exact) mass is 228 g/mol. The number of alkyl halides is 7.